The van der Waals surface area contributed by atoms with E-state index in [0.717, 1.165) is 6.07 Å². The van der Waals surface area contributed by atoms with Crippen molar-refractivity contribution in [3.05, 3.63) is 57.3 Å². The van der Waals surface area contributed by atoms with Gasteiger partial charge in [-0.2, -0.15) is 0 Å². The highest BCUT2D eigenvalue weighted by atomic mass is 79.9. The third-order valence-corrected chi connectivity index (χ3v) is 4.16. The number of hydrogen-bond acceptors (Lipinski definition) is 4. The highest BCUT2D eigenvalue weighted by Gasteiger charge is 2.22. The molecule has 0 aromatic heterocycles. The van der Waals surface area contributed by atoms with Crippen molar-refractivity contribution in [2.75, 3.05) is 12.4 Å². The minimum absolute atomic E-state index is 0.0557. The Morgan fingerprint density at radius 2 is 1.96 bits per heavy atom. The van der Waals surface area contributed by atoms with E-state index < -0.39 is 23.8 Å². The molecule has 0 aliphatic carbocycles. The van der Waals surface area contributed by atoms with Gasteiger partial charge in [0.05, 0.1) is 18.4 Å². The molecule has 0 bridgehead atoms. The number of hydrogen-bond donors (Lipinski definition) is 1. The molecule has 0 saturated heterocycles. The summed E-state index contributed by atoms with van der Waals surface area (Å²) < 4.78 is 24.4. The van der Waals surface area contributed by atoms with Gasteiger partial charge in [-0.15, -0.1) is 0 Å². The molecule has 132 valence electrons. The first kappa shape index (κ1) is 19.2. The van der Waals surface area contributed by atoms with Gasteiger partial charge in [-0.1, -0.05) is 11.6 Å². The molecule has 1 atom stereocenters. The zero-order valence-corrected chi connectivity index (χ0v) is 15.7. The highest BCUT2D eigenvalue weighted by molar-refractivity contribution is 9.10. The first-order valence-corrected chi connectivity index (χ1v) is 8.29. The molecule has 2 aromatic carbocycles. The van der Waals surface area contributed by atoms with Gasteiger partial charge in [0, 0.05) is 9.50 Å². The Morgan fingerprint density at radius 3 is 2.60 bits per heavy atom. The van der Waals surface area contributed by atoms with Gasteiger partial charge in [0.1, 0.15) is 11.6 Å². The van der Waals surface area contributed by atoms with E-state index in [1.165, 1.54) is 32.2 Å². The number of carbonyl (C=O) groups is 2. The monoisotopic (exact) mass is 429 g/mol. The Bertz CT molecular complexity index is 815. The Hall–Kier alpha value is -2.12. The van der Waals surface area contributed by atoms with Crippen molar-refractivity contribution in [2.45, 2.75) is 13.0 Å². The number of nitrogens with one attached hydrogen (secondary N) is 1. The van der Waals surface area contributed by atoms with Crippen LogP contribution < -0.4 is 10.1 Å². The Morgan fingerprint density at radius 1 is 1.24 bits per heavy atom. The summed E-state index contributed by atoms with van der Waals surface area (Å²) in [5.41, 5.74) is 0.150. The SMILES string of the molecule is COc1ccc(Br)c(C(=O)OC(C)C(=O)Nc2ccc(Cl)cc2F)c1. The average Bonchev–Trinajstić information content (AvgIpc) is 2.57. The van der Waals surface area contributed by atoms with Crippen LogP contribution in [0.1, 0.15) is 17.3 Å². The quantitative estimate of drug-likeness (QED) is 0.713. The summed E-state index contributed by atoms with van der Waals surface area (Å²) in [5, 5.41) is 2.55. The number of rotatable bonds is 5. The van der Waals surface area contributed by atoms with E-state index in [2.05, 4.69) is 21.2 Å². The second-order valence-electron chi connectivity index (χ2n) is 5.01. The van der Waals surface area contributed by atoms with Gasteiger partial charge in [-0.3, -0.25) is 4.79 Å². The number of carbonyl (C=O) groups excluding carboxylic acids is 2. The van der Waals surface area contributed by atoms with Gasteiger partial charge in [-0.05, 0) is 59.3 Å². The predicted molar refractivity (Wildman–Crippen MR) is 95.6 cm³/mol. The van der Waals surface area contributed by atoms with Crippen LogP contribution >= 0.6 is 27.5 Å². The van der Waals surface area contributed by atoms with Crippen LogP contribution in [0.4, 0.5) is 10.1 Å². The lowest BCUT2D eigenvalue weighted by Gasteiger charge is -2.15. The van der Waals surface area contributed by atoms with E-state index in [-0.39, 0.29) is 16.3 Å². The summed E-state index contributed by atoms with van der Waals surface area (Å²) in [6, 6.07) is 8.60. The Balaban J connectivity index is 2.06. The standard InChI is InChI=1S/C17H14BrClFNO4/c1-9(16(22)21-15-6-3-10(19)7-14(15)20)25-17(23)12-8-11(24-2)4-5-13(12)18/h3-9H,1-2H3,(H,21,22). The fraction of sp³-hybridized carbons (Fsp3) is 0.176. The van der Waals surface area contributed by atoms with Crippen LogP contribution in [0.3, 0.4) is 0 Å². The molecule has 5 nitrogen and oxygen atoms in total. The van der Waals surface area contributed by atoms with Gasteiger partial charge in [0.25, 0.3) is 5.91 Å². The third-order valence-electron chi connectivity index (χ3n) is 3.24. The summed E-state index contributed by atoms with van der Waals surface area (Å²) in [4.78, 5) is 24.3. The van der Waals surface area contributed by atoms with E-state index in [0.29, 0.717) is 10.2 Å². The zero-order chi connectivity index (χ0) is 18.6. The number of halogens is 3. The largest absolute Gasteiger partial charge is 0.497 e. The van der Waals surface area contributed by atoms with Crippen LogP contribution in [0.25, 0.3) is 0 Å². The fourth-order valence-electron chi connectivity index (χ4n) is 1.89. The maximum absolute atomic E-state index is 13.7. The molecule has 0 aliphatic rings. The smallest absolute Gasteiger partial charge is 0.340 e. The molecule has 0 saturated carbocycles. The molecular formula is C17H14BrClFNO4. The molecule has 0 spiro atoms. The predicted octanol–water partition coefficient (Wildman–Crippen LogP) is 4.43. The lowest BCUT2D eigenvalue weighted by atomic mass is 10.2. The number of methoxy groups -OCH3 is 1. The van der Waals surface area contributed by atoms with Crippen LogP contribution in [0.2, 0.25) is 5.02 Å². The maximum Gasteiger partial charge on any atom is 0.340 e. The lowest BCUT2D eigenvalue weighted by molar-refractivity contribution is -0.123. The van der Waals surface area contributed by atoms with E-state index in [1.807, 2.05) is 0 Å². The summed E-state index contributed by atoms with van der Waals surface area (Å²) >= 11 is 8.89. The summed E-state index contributed by atoms with van der Waals surface area (Å²) in [7, 11) is 1.47. The van der Waals surface area contributed by atoms with Gasteiger partial charge in [-0.25, -0.2) is 9.18 Å². The van der Waals surface area contributed by atoms with Crippen LogP contribution in [0, 0.1) is 5.82 Å². The normalized spacial score (nSPS) is 11.6. The van der Waals surface area contributed by atoms with Crippen molar-refractivity contribution in [1.82, 2.24) is 0 Å². The van der Waals surface area contributed by atoms with E-state index in [1.54, 1.807) is 12.1 Å². The topological polar surface area (TPSA) is 64.6 Å². The fourth-order valence-corrected chi connectivity index (χ4v) is 2.46. The minimum Gasteiger partial charge on any atom is -0.497 e. The van der Waals surface area contributed by atoms with E-state index in [4.69, 9.17) is 21.1 Å². The molecule has 1 N–H and O–H groups in total. The van der Waals surface area contributed by atoms with Crippen LogP contribution in [0.5, 0.6) is 5.75 Å². The van der Waals surface area contributed by atoms with Crippen molar-refractivity contribution in [1.29, 1.82) is 0 Å². The number of esters is 1. The third kappa shape index (κ3) is 4.93. The van der Waals surface area contributed by atoms with E-state index >= 15 is 0 Å². The minimum atomic E-state index is -1.14. The first-order valence-electron chi connectivity index (χ1n) is 7.12. The number of ether oxygens (including phenoxy) is 2. The first-order chi connectivity index (χ1) is 11.8. The molecule has 0 fully saturated rings. The molecule has 2 rings (SSSR count). The second kappa shape index (κ2) is 8.31. The lowest BCUT2D eigenvalue weighted by Crippen LogP contribution is -2.30. The second-order valence-corrected chi connectivity index (χ2v) is 6.30. The summed E-state index contributed by atoms with van der Waals surface area (Å²) in [5.74, 6) is -1.61. The maximum atomic E-state index is 13.7. The highest BCUT2D eigenvalue weighted by Crippen LogP contribution is 2.24. The molecule has 1 unspecified atom stereocenters. The molecule has 25 heavy (non-hydrogen) atoms. The van der Waals surface area contributed by atoms with Crippen LogP contribution in [0.15, 0.2) is 40.9 Å². The van der Waals surface area contributed by atoms with Gasteiger partial charge < -0.3 is 14.8 Å². The Labute approximate surface area is 157 Å². The molecule has 0 radical (unpaired) electrons. The Kier molecular flexibility index (Phi) is 6.39. The van der Waals surface area contributed by atoms with Crippen LogP contribution in [-0.2, 0) is 9.53 Å². The number of benzene rings is 2. The summed E-state index contributed by atoms with van der Waals surface area (Å²) in [6.07, 6.45) is -1.14. The van der Waals surface area contributed by atoms with Gasteiger partial charge in [0.2, 0.25) is 0 Å². The van der Waals surface area contributed by atoms with Gasteiger partial charge >= 0.3 is 5.97 Å². The zero-order valence-electron chi connectivity index (χ0n) is 13.3. The molecule has 0 heterocycles. The van der Waals surface area contributed by atoms with Gasteiger partial charge in [0.15, 0.2) is 6.10 Å². The summed E-state index contributed by atoms with van der Waals surface area (Å²) in [6.45, 7) is 1.38. The van der Waals surface area contributed by atoms with E-state index in [9.17, 15) is 14.0 Å². The number of amides is 1. The van der Waals surface area contributed by atoms with Crippen molar-refractivity contribution < 1.29 is 23.5 Å². The molecule has 2 aromatic rings. The molecule has 0 aliphatic heterocycles. The van der Waals surface area contributed by atoms with Crippen molar-refractivity contribution in [2.24, 2.45) is 0 Å². The van der Waals surface area contributed by atoms with Crippen molar-refractivity contribution >= 4 is 45.1 Å². The van der Waals surface area contributed by atoms with Crippen LogP contribution in [-0.4, -0.2) is 25.1 Å². The molecular weight excluding hydrogens is 417 g/mol. The number of anilines is 1. The molecule has 8 heteroatoms. The van der Waals surface area contributed by atoms with Crippen molar-refractivity contribution in [3.63, 3.8) is 0 Å². The molecule has 1 amide bonds. The van der Waals surface area contributed by atoms with Crippen molar-refractivity contribution in [3.8, 4) is 5.75 Å². The average molecular weight is 431 g/mol.